The van der Waals surface area contributed by atoms with Crippen molar-refractivity contribution in [3.63, 3.8) is 0 Å². The topological polar surface area (TPSA) is 92.0 Å². The molecule has 0 unspecified atom stereocenters. The molecule has 0 N–H and O–H groups in total. The van der Waals surface area contributed by atoms with Crippen LogP contribution in [-0.2, 0) is 0 Å². The van der Waals surface area contributed by atoms with E-state index in [0.29, 0.717) is 30.2 Å². The van der Waals surface area contributed by atoms with E-state index in [0.717, 1.165) is 0 Å². The van der Waals surface area contributed by atoms with Crippen LogP contribution in [0.1, 0.15) is 16.1 Å². The third-order valence-corrected chi connectivity index (χ3v) is 3.07. The molecule has 104 valence electrons. The first-order chi connectivity index (χ1) is 10.3. The number of pyridine rings is 1. The van der Waals surface area contributed by atoms with Crippen molar-refractivity contribution in [2.75, 3.05) is 13.1 Å². The van der Waals surface area contributed by atoms with Crippen LogP contribution in [0.15, 0.2) is 36.9 Å². The highest BCUT2D eigenvalue weighted by molar-refractivity contribution is 5.92. The van der Waals surface area contributed by atoms with Crippen LogP contribution in [0.3, 0.4) is 0 Å². The maximum absolute atomic E-state index is 12.0. The predicted octanol–water partition coefficient (Wildman–Crippen LogP) is 0.647. The number of aromatic nitrogens is 3. The van der Waals surface area contributed by atoms with E-state index in [2.05, 4.69) is 15.0 Å². The summed E-state index contributed by atoms with van der Waals surface area (Å²) >= 11 is 0. The monoisotopic (exact) mass is 281 g/mol. The van der Waals surface area contributed by atoms with Gasteiger partial charge in [-0.3, -0.25) is 9.78 Å². The fraction of sp³-hybridized carbons (Fsp3) is 0.214. The van der Waals surface area contributed by atoms with Crippen LogP contribution >= 0.6 is 0 Å². The maximum atomic E-state index is 12.0. The average Bonchev–Trinajstić information content (AvgIpc) is 2.51. The van der Waals surface area contributed by atoms with E-state index in [1.165, 1.54) is 24.8 Å². The van der Waals surface area contributed by atoms with Gasteiger partial charge in [-0.15, -0.1) is 0 Å². The average molecular weight is 281 g/mol. The summed E-state index contributed by atoms with van der Waals surface area (Å²) in [5, 5.41) is 8.81. The van der Waals surface area contributed by atoms with E-state index in [9.17, 15) is 4.79 Å². The molecule has 0 spiro atoms. The van der Waals surface area contributed by atoms with Gasteiger partial charge in [0.25, 0.3) is 5.91 Å². The van der Waals surface area contributed by atoms with Gasteiger partial charge < -0.3 is 9.64 Å². The van der Waals surface area contributed by atoms with Gasteiger partial charge in [-0.05, 0) is 6.07 Å². The van der Waals surface area contributed by atoms with Gasteiger partial charge in [0.05, 0.1) is 30.9 Å². The van der Waals surface area contributed by atoms with Crippen molar-refractivity contribution in [2.24, 2.45) is 0 Å². The van der Waals surface area contributed by atoms with Crippen molar-refractivity contribution in [1.82, 2.24) is 19.9 Å². The minimum atomic E-state index is -0.165. The molecule has 1 aliphatic heterocycles. The van der Waals surface area contributed by atoms with Gasteiger partial charge >= 0.3 is 0 Å². The molecule has 0 aromatic carbocycles. The Bertz CT molecular complexity index is 692. The second kappa shape index (κ2) is 5.54. The smallest absolute Gasteiger partial charge is 0.274 e. The number of hydrogen-bond donors (Lipinski definition) is 0. The summed E-state index contributed by atoms with van der Waals surface area (Å²) < 4.78 is 5.62. The van der Waals surface area contributed by atoms with Gasteiger partial charge in [0.2, 0.25) is 5.88 Å². The Morgan fingerprint density at radius 1 is 1.33 bits per heavy atom. The molecule has 0 atom stereocenters. The zero-order chi connectivity index (χ0) is 14.7. The minimum absolute atomic E-state index is 0.118. The van der Waals surface area contributed by atoms with Crippen LogP contribution in [0.25, 0.3) is 0 Å². The van der Waals surface area contributed by atoms with Crippen molar-refractivity contribution in [1.29, 1.82) is 5.26 Å². The van der Waals surface area contributed by atoms with Crippen LogP contribution in [0, 0.1) is 11.3 Å². The third-order valence-electron chi connectivity index (χ3n) is 3.07. The summed E-state index contributed by atoms with van der Waals surface area (Å²) in [7, 11) is 0. The largest absolute Gasteiger partial charge is 0.471 e. The summed E-state index contributed by atoms with van der Waals surface area (Å²) in [5.41, 5.74) is 0.812. The summed E-state index contributed by atoms with van der Waals surface area (Å²) in [6.07, 6.45) is 5.85. The van der Waals surface area contributed by atoms with Crippen LogP contribution in [0.2, 0.25) is 0 Å². The van der Waals surface area contributed by atoms with Gasteiger partial charge in [0, 0.05) is 24.7 Å². The quantitative estimate of drug-likeness (QED) is 0.820. The lowest BCUT2D eigenvalue weighted by atomic mass is 10.1. The number of ether oxygens (including phenoxy) is 1. The molecule has 2 aromatic heterocycles. The molecule has 0 bridgehead atoms. The fourth-order valence-electron chi connectivity index (χ4n) is 1.96. The molecule has 1 fully saturated rings. The Labute approximate surface area is 120 Å². The molecule has 3 heterocycles. The number of carbonyl (C=O) groups excluding carboxylic acids is 1. The predicted molar refractivity (Wildman–Crippen MR) is 71.3 cm³/mol. The Morgan fingerprint density at radius 2 is 2.19 bits per heavy atom. The molecule has 7 heteroatoms. The normalized spacial score (nSPS) is 14.1. The molecule has 21 heavy (non-hydrogen) atoms. The molecule has 3 rings (SSSR count). The van der Waals surface area contributed by atoms with Crippen LogP contribution in [0.4, 0.5) is 0 Å². The lowest BCUT2D eigenvalue weighted by Crippen LogP contribution is -2.56. The highest BCUT2D eigenvalue weighted by Crippen LogP contribution is 2.18. The lowest BCUT2D eigenvalue weighted by Gasteiger charge is -2.38. The fourth-order valence-corrected chi connectivity index (χ4v) is 1.96. The van der Waals surface area contributed by atoms with Crippen molar-refractivity contribution in [2.45, 2.75) is 6.10 Å². The number of amides is 1. The first-order valence-corrected chi connectivity index (χ1v) is 6.34. The number of rotatable bonds is 3. The maximum Gasteiger partial charge on any atom is 0.274 e. The highest BCUT2D eigenvalue weighted by atomic mass is 16.5. The van der Waals surface area contributed by atoms with Crippen molar-refractivity contribution in [3.05, 3.63) is 48.2 Å². The summed E-state index contributed by atoms with van der Waals surface area (Å²) in [6, 6.07) is 5.21. The Morgan fingerprint density at radius 3 is 2.90 bits per heavy atom. The first-order valence-electron chi connectivity index (χ1n) is 6.34. The highest BCUT2D eigenvalue weighted by Gasteiger charge is 2.33. The molecule has 1 amide bonds. The van der Waals surface area contributed by atoms with Crippen molar-refractivity contribution < 1.29 is 9.53 Å². The number of likely N-dealkylation sites (tertiary alicyclic amines) is 1. The molecule has 0 radical (unpaired) electrons. The second-order valence-corrected chi connectivity index (χ2v) is 4.54. The molecular weight excluding hydrogens is 270 g/mol. The van der Waals surface area contributed by atoms with Crippen molar-refractivity contribution >= 4 is 5.91 Å². The molecule has 1 aliphatic rings. The summed E-state index contributed by atoms with van der Waals surface area (Å²) in [5.74, 6) is 0.229. The zero-order valence-corrected chi connectivity index (χ0v) is 11.0. The van der Waals surface area contributed by atoms with Crippen molar-refractivity contribution in [3.8, 4) is 11.9 Å². The van der Waals surface area contributed by atoms with Crippen LogP contribution < -0.4 is 4.74 Å². The zero-order valence-electron chi connectivity index (χ0n) is 11.0. The molecule has 1 saturated heterocycles. The Balaban J connectivity index is 1.56. The summed E-state index contributed by atoms with van der Waals surface area (Å²) in [4.78, 5) is 25.5. The second-order valence-electron chi connectivity index (χ2n) is 4.54. The summed E-state index contributed by atoms with van der Waals surface area (Å²) in [6.45, 7) is 0.932. The molecule has 2 aromatic rings. The van der Waals surface area contributed by atoms with Gasteiger partial charge in [0.15, 0.2) is 0 Å². The van der Waals surface area contributed by atoms with E-state index in [1.54, 1.807) is 17.0 Å². The number of carbonyl (C=O) groups is 1. The van der Waals surface area contributed by atoms with E-state index in [4.69, 9.17) is 10.00 Å². The standard InChI is InChI=1S/C14H11N5O2/c15-6-10-1-2-18-13(5-10)21-11-8-19(9-11)14(20)12-7-16-3-4-17-12/h1-5,7,11H,8-9H2. The first kappa shape index (κ1) is 13.0. The van der Waals surface area contributed by atoms with E-state index >= 15 is 0 Å². The Hall–Kier alpha value is -3.01. The van der Waals surface area contributed by atoms with Gasteiger partial charge in [0.1, 0.15) is 11.8 Å². The van der Waals surface area contributed by atoms with Gasteiger partial charge in [-0.1, -0.05) is 0 Å². The Kier molecular flexibility index (Phi) is 3.43. The molecule has 0 saturated carbocycles. The number of hydrogen-bond acceptors (Lipinski definition) is 6. The minimum Gasteiger partial charge on any atom is -0.471 e. The van der Waals surface area contributed by atoms with E-state index in [1.807, 2.05) is 6.07 Å². The van der Waals surface area contributed by atoms with Crippen LogP contribution in [0.5, 0.6) is 5.88 Å². The number of nitrogens with zero attached hydrogens (tertiary/aromatic N) is 5. The van der Waals surface area contributed by atoms with Crippen LogP contribution in [-0.4, -0.2) is 45.0 Å². The third kappa shape index (κ3) is 2.79. The molecule has 7 nitrogen and oxygen atoms in total. The van der Waals surface area contributed by atoms with E-state index in [-0.39, 0.29) is 12.0 Å². The SMILES string of the molecule is N#Cc1ccnc(OC2CN(C(=O)c3cnccn3)C2)c1. The molecular formula is C14H11N5O2. The number of nitriles is 1. The van der Waals surface area contributed by atoms with E-state index < -0.39 is 0 Å². The molecule has 0 aliphatic carbocycles. The van der Waals surface area contributed by atoms with Gasteiger partial charge in [-0.25, -0.2) is 9.97 Å². The lowest BCUT2D eigenvalue weighted by molar-refractivity contribution is 0.0155. The van der Waals surface area contributed by atoms with Gasteiger partial charge in [-0.2, -0.15) is 5.26 Å².